The summed E-state index contributed by atoms with van der Waals surface area (Å²) in [6.45, 7) is 0. The number of tetrazole rings is 1. The number of anilines is 2. The van der Waals surface area contributed by atoms with E-state index in [2.05, 4.69) is 38.6 Å². The lowest BCUT2D eigenvalue weighted by Gasteiger charge is -2.26. The van der Waals surface area contributed by atoms with Gasteiger partial charge in [0.1, 0.15) is 0 Å². The van der Waals surface area contributed by atoms with Crippen molar-refractivity contribution in [3.63, 3.8) is 0 Å². The topological polar surface area (TPSA) is 93.0 Å². The third-order valence-corrected chi connectivity index (χ3v) is 7.11. The summed E-state index contributed by atoms with van der Waals surface area (Å²) in [4.78, 5) is 1.34. The fourth-order valence-electron chi connectivity index (χ4n) is 2.64. The summed E-state index contributed by atoms with van der Waals surface area (Å²) in [5.41, 5.74) is 2.04. The van der Waals surface area contributed by atoms with Crippen molar-refractivity contribution in [3.05, 3.63) is 48.0 Å². The molecule has 3 aromatic rings. The van der Waals surface area contributed by atoms with E-state index in [1.165, 1.54) is 24.0 Å². The Morgan fingerprint density at radius 2 is 1.90 bits per heavy atom. The highest BCUT2D eigenvalue weighted by atomic mass is 127. The molecule has 2 unspecified atom stereocenters. The quantitative estimate of drug-likeness (QED) is 0.280. The smallest absolute Gasteiger partial charge is 0.240 e. The van der Waals surface area contributed by atoms with Gasteiger partial charge in [0.25, 0.3) is 0 Å². The molecule has 0 aliphatic rings. The maximum atomic E-state index is 14.7. The summed E-state index contributed by atoms with van der Waals surface area (Å²) in [5.74, 6) is 0.248. The summed E-state index contributed by atoms with van der Waals surface area (Å²) in [6.07, 6.45) is 0. The lowest BCUT2D eigenvalue weighted by molar-refractivity contribution is 0.424. The molecule has 0 saturated heterocycles. The second-order valence-electron chi connectivity index (χ2n) is 6.06. The maximum Gasteiger partial charge on any atom is 0.240 e. The van der Waals surface area contributed by atoms with E-state index in [9.17, 15) is 12.8 Å². The summed E-state index contributed by atoms with van der Waals surface area (Å²) < 4.78 is 43.3. The zero-order valence-corrected chi connectivity index (χ0v) is 20.7. The van der Waals surface area contributed by atoms with Gasteiger partial charge >= 0.3 is 0 Å². The number of rotatable bonds is 6. The van der Waals surface area contributed by atoms with Crippen molar-refractivity contribution in [1.29, 1.82) is 0 Å². The second kappa shape index (κ2) is 8.47. The molecule has 0 spiro atoms. The third kappa shape index (κ3) is 4.74. The van der Waals surface area contributed by atoms with Crippen LogP contribution in [0.25, 0.3) is 11.4 Å². The molecule has 0 amide bonds. The van der Waals surface area contributed by atoms with Gasteiger partial charge in [0, 0.05) is 11.1 Å². The van der Waals surface area contributed by atoms with Crippen molar-refractivity contribution in [2.75, 3.05) is 10.2 Å². The van der Waals surface area contributed by atoms with Gasteiger partial charge in [-0.1, -0.05) is 36.7 Å². The average Bonchev–Trinajstić information content (AvgIpc) is 3.12. The van der Waals surface area contributed by atoms with Crippen LogP contribution in [-0.4, -0.2) is 35.7 Å². The predicted molar refractivity (Wildman–Crippen MR) is 125 cm³/mol. The number of aromatic nitrogens is 4. The molecule has 2 atom stereocenters. The van der Waals surface area contributed by atoms with E-state index in [-0.39, 0.29) is 10.7 Å². The highest BCUT2D eigenvalue weighted by Crippen LogP contribution is 2.48. The number of benzene rings is 2. The van der Waals surface area contributed by atoms with Crippen LogP contribution in [0.5, 0.6) is 0 Å². The molecule has 0 saturated carbocycles. The molecule has 1 heterocycles. The number of nitrogens with one attached hydrogen (secondary N) is 1. The van der Waals surface area contributed by atoms with Crippen LogP contribution in [0.3, 0.4) is 0 Å². The normalized spacial score (nSPS) is 12.2. The van der Waals surface area contributed by atoms with E-state index in [1.54, 1.807) is 40.5 Å². The van der Waals surface area contributed by atoms with Crippen LogP contribution in [0, 0.1) is 0 Å². The largest absolute Gasteiger partial charge is 0.282 e. The van der Waals surface area contributed by atoms with Crippen LogP contribution >= 0.6 is 41.3 Å². The number of nitrogens with zero attached hydrogens (tertiary/aromatic N) is 5. The van der Waals surface area contributed by atoms with Gasteiger partial charge in [-0.15, -0.1) is 10.2 Å². The van der Waals surface area contributed by atoms with Gasteiger partial charge in [-0.3, -0.25) is 3.11 Å². The molecule has 0 aliphatic carbocycles. The van der Waals surface area contributed by atoms with Crippen LogP contribution in [0.2, 0.25) is 0 Å². The lowest BCUT2D eigenvalue weighted by Crippen LogP contribution is -2.19. The van der Waals surface area contributed by atoms with E-state index in [1.807, 2.05) is 22.9 Å². The summed E-state index contributed by atoms with van der Waals surface area (Å²) in [6, 6.07) is 11.6. The molecular formula is C16H18FIN6O2P2S. The summed E-state index contributed by atoms with van der Waals surface area (Å²) in [5, 5.41) is 10.3. The molecule has 13 heteroatoms. The highest BCUT2D eigenvalue weighted by molar-refractivity contribution is 14.1. The monoisotopic (exact) mass is 566 g/mol. The third-order valence-electron chi connectivity index (χ3n) is 4.04. The summed E-state index contributed by atoms with van der Waals surface area (Å²) in [7, 11) is 3.58. The summed E-state index contributed by atoms with van der Waals surface area (Å²) >= 11 is 2.04. The lowest BCUT2D eigenvalue weighted by atomic mass is 10.1. The molecule has 29 heavy (non-hydrogen) atoms. The van der Waals surface area contributed by atoms with Crippen molar-refractivity contribution in [3.8, 4) is 11.4 Å². The van der Waals surface area contributed by atoms with Gasteiger partial charge < -0.3 is 0 Å². The second-order valence-corrected chi connectivity index (χ2v) is 11.3. The van der Waals surface area contributed by atoms with Crippen molar-refractivity contribution >= 4 is 62.7 Å². The number of hydrogen-bond acceptors (Lipinski definition) is 6. The molecule has 0 bridgehead atoms. The Bertz CT molecular complexity index is 1150. The Labute approximate surface area is 186 Å². The maximum absolute atomic E-state index is 14.7. The molecule has 3 rings (SSSR count). The van der Waals surface area contributed by atoms with Crippen molar-refractivity contribution in [1.82, 2.24) is 24.9 Å². The van der Waals surface area contributed by atoms with E-state index in [0.717, 1.165) is 0 Å². The molecule has 0 fully saturated rings. The molecule has 1 aromatic heterocycles. The van der Waals surface area contributed by atoms with Crippen molar-refractivity contribution in [2.24, 2.45) is 7.05 Å². The van der Waals surface area contributed by atoms with Crippen LogP contribution < -0.4 is 7.84 Å². The van der Waals surface area contributed by atoms with Gasteiger partial charge in [-0.05, 0) is 36.5 Å². The van der Waals surface area contributed by atoms with E-state index < -0.39 is 15.2 Å². The first-order valence-corrected chi connectivity index (χ1v) is 11.8. The molecule has 0 aliphatic heterocycles. The average molecular weight is 566 g/mol. The Morgan fingerprint density at radius 3 is 2.48 bits per heavy atom. The first-order chi connectivity index (χ1) is 13.5. The standard InChI is InChI=1S/C16H18FIN6O2P2S/c1-19-29(25,26)10-7-8-13(11(9-10)15-20-22-23(2)21-15)24(18)14-6-4-3-5-12(14)16(17,27)28/h3-9,19H,27-28H2,1-2H3. The van der Waals surface area contributed by atoms with Gasteiger partial charge in [-0.2, -0.15) is 4.80 Å². The highest BCUT2D eigenvalue weighted by Gasteiger charge is 2.27. The van der Waals surface area contributed by atoms with Gasteiger partial charge in [0.05, 0.1) is 46.2 Å². The SMILES string of the molecule is CNS(=O)(=O)c1ccc(N(I)c2ccccc2C(F)(P)P)c(-c2nnn(C)n2)c1. The number of hydrogen-bond donors (Lipinski definition) is 1. The number of para-hydroxylation sites is 1. The fraction of sp³-hybridized carbons (Fsp3) is 0.188. The Kier molecular flexibility index (Phi) is 6.55. The van der Waals surface area contributed by atoms with E-state index >= 15 is 0 Å². The molecular weight excluding hydrogens is 548 g/mol. The van der Waals surface area contributed by atoms with Crippen LogP contribution in [0.1, 0.15) is 5.56 Å². The van der Waals surface area contributed by atoms with Crippen molar-refractivity contribution < 1.29 is 12.8 Å². The van der Waals surface area contributed by atoms with Gasteiger partial charge in [0.2, 0.25) is 15.8 Å². The zero-order chi connectivity index (χ0) is 21.4. The van der Waals surface area contributed by atoms with Crippen molar-refractivity contribution in [2.45, 2.75) is 10.0 Å². The fourth-order valence-corrected chi connectivity index (χ4v) is 4.73. The predicted octanol–water partition coefficient (Wildman–Crippen LogP) is 3.10. The van der Waals surface area contributed by atoms with E-state index in [4.69, 9.17) is 0 Å². The number of alkyl halides is 1. The molecule has 0 radical (unpaired) electrons. The number of aryl methyl sites for hydroxylation is 1. The van der Waals surface area contributed by atoms with E-state index in [0.29, 0.717) is 22.5 Å². The Morgan fingerprint density at radius 1 is 1.21 bits per heavy atom. The van der Waals surface area contributed by atoms with Gasteiger partial charge in [0.15, 0.2) is 5.15 Å². The molecule has 1 N–H and O–H groups in total. The Balaban J connectivity index is 2.22. The Hall–Kier alpha value is -1.26. The minimum Gasteiger partial charge on any atom is -0.282 e. The van der Waals surface area contributed by atoms with Crippen LogP contribution in [0.4, 0.5) is 15.8 Å². The molecule has 8 nitrogen and oxygen atoms in total. The molecule has 154 valence electrons. The van der Waals surface area contributed by atoms with Crippen LogP contribution in [0.15, 0.2) is 47.4 Å². The number of sulfonamides is 1. The van der Waals surface area contributed by atoms with Gasteiger partial charge in [-0.25, -0.2) is 17.5 Å². The first kappa shape index (κ1) is 22.4. The first-order valence-electron chi connectivity index (χ1n) is 8.18. The van der Waals surface area contributed by atoms with Crippen LogP contribution in [-0.2, 0) is 22.2 Å². The minimum atomic E-state index is -3.68. The minimum absolute atomic E-state index is 0.0567. The zero-order valence-electron chi connectivity index (χ0n) is 15.4. The molecule has 2 aromatic carbocycles. The number of halogens is 2.